The van der Waals surface area contributed by atoms with Crippen molar-refractivity contribution in [3.8, 4) is 5.75 Å². The molecule has 1 atom stereocenters. The van der Waals surface area contributed by atoms with Crippen molar-refractivity contribution >= 4 is 67.9 Å². The highest BCUT2D eigenvalue weighted by Gasteiger charge is 2.39. The van der Waals surface area contributed by atoms with Crippen LogP contribution in [0.2, 0.25) is 10.0 Å². The lowest BCUT2D eigenvalue weighted by Crippen LogP contribution is -2.60. The number of nitrogens with two attached hydrogens (primary N) is 4. The average molecular weight is 764 g/mol. The van der Waals surface area contributed by atoms with Gasteiger partial charge in [0.25, 0.3) is 0 Å². The lowest BCUT2D eigenvalue weighted by molar-refractivity contribution is -0.143. The quantitative estimate of drug-likeness (QED) is 0.0912. The van der Waals surface area contributed by atoms with E-state index in [0.29, 0.717) is 37.1 Å². The van der Waals surface area contributed by atoms with Gasteiger partial charge in [0.15, 0.2) is 11.9 Å². The van der Waals surface area contributed by atoms with E-state index in [1.807, 2.05) is 31.2 Å². The van der Waals surface area contributed by atoms with E-state index < -0.39 is 27.5 Å². The topological polar surface area (TPSA) is 238 Å². The summed E-state index contributed by atoms with van der Waals surface area (Å²) in [7, 11) is -4.34. The first kappa shape index (κ1) is 39.4. The molecule has 0 radical (unpaired) electrons. The van der Waals surface area contributed by atoms with E-state index in [4.69, 9.17) is 50.9 Å². The Labute approximate surface area is 307 Å². The standard InChI is InChI=1S/C33H44Cl2N10O5S/c1-20-10-11-21-7-6-9-25(28(21)41-20)50-19-22-23(34)12-13-26(27(22)35)51(48,49)43-33(2,3)30(47)45-17-15-44(16-18-45)29(46)24(42-32(38)39)8-4-5-14-40-31(36)37/h6-7,9-13,24,43H,4-5,8,14-19H2,1-3H3,(H4,36,37,40)(H4,38,39,42)/t24-/m0/s1. The molecule has 2 aromatic carbocycles. The molecular weight excluding hydrogens is 719 g/mol. The predicted molar refractivity (Wildman–Crippen MR) is 199 cm³/mol. The van der Waals surface area contributed by atoms with E-state index in [1.54, 1.807) is 11.0 Å². The number of hydrogen-bond acceptors (Lipinski definition) is 8. The van der Waals surface area contributed by atoms with Crippen LogP contribution < -0.4 is 32.4 Å². The molecule has 0 unspecified atom stereocenters. The number of pyridine rings is 1. The van der Waals surface area contributed by atoms with Crippen LogP contribution in [0.1, 0.15) is 44.4 Å². The molecule has 18 heteroatoms. The molecule has 1 aliphatic rings. The number of ether oxygens (including phenoxy) is 1. The molecule has 0 aliphatic carbocycles. The number of nitrogens with zero attached hydrogens (tertiary/aromatic N) is 5. The van der Waals surface area contributed by atoms with Crippen molar-refractivity contribution in [2.24, 2.45) is 32.9 Å². The number of nitrogens with one attached hydrogen (secondary N) is 1. The van der Waals surface area contributed by atoms with Crippen LogP contribution in [-0.4, -0.2) is 91.2 Å². The minimum Gasteiger partial charge on any atom is -0.487 e. The molecule has 9 N–H and O–H groups in total. The molecule has 51 heavy (non-hydrogen) atoms. The summed E-state index contributed by atoms with van der Waals surface area (Å²) in [5, 5.41) is 0.943. The zero-order valence-corrected chi connectivity index (χ0v) is 31.1. The maximum absolute atomic E-state index is 13.7. The molecular formula is C33H44Cl2N10O5S. The molecule has 0 bridgehead atoms. The number of benzene rings is 2. The summed E-state index contributed by atoms with van der Waals surface area (Å²) in [6, 6.07) is 11.2. The van der Waals surface area contributed by atoms with Gasteiger partial charge in [0, 0.05) is 54.4 Å². The number of aromatic nitrogens is 1. The number of fused-ring (bicyclic) bond motifs is 1. The highest BCUT2D eigenvalue weighted by atomic mass is 35.5. The lowest BCUT2D eigenvalue weighted by Gasteiger charge is -2.39. The Bertz CT molecular complexity index is 1920. The number of rotatable bonds is 14. The third kappa shape index (κ3) is 10.1. The van der Waals surface area contributed by atoms with Gasteiger partial charge in [0.1, 0.15) is 34.3 Å². The van der Waals surface area contributed by atoms with Gasteiger partial charge in [-0.25, -0.2) is 18.4 Å². The number of halogens is 2. The molecule has 0 spiro atoms. The second-order valence-corrected chi connectivity index (χ2v) is 15.1. The Morgan fingerprint density at radius 1 is 0.980 bits per heavy atom. The van der Waals surface area contributed by atoms with Crippen molar-refractivity contribution in [2.75, 3.05) is 32.7 Å². The van der Waals surface area contributed by atoms with Crippen LogP contribution in [0.25, 0.3) is 10.9 Å². The van der Waals surface area contributed by atoms with Gasteiger partial charge in [0.2, 0.25) is 21.8 Å². The molecule has 2 amide bonds. The Balaban J connectivity index is 1.41. The number of unbranched alkanes of at least 4 members (excludes halogenated alkanes) is 1. The second kappa shape index (κ2) is 16.8. The molecule has 1 saturated heterocycles. The van der Waals surface area contributed by atoms with Crippen LogP contribution in [0, 0.1) is 6.92 Å². The third-order valence-corrected chi connectivity index (χ3v) is 10.8. The van der Waals surface area contributed by atoms with E-state index in [0.717, 1.165) is 11.1 Å². The minimum absolute atomic E-state index is 0.00930. The van der Waals surface area contributed by atoms with Gasteiger partial charge in [-0.15, -0.1) is 0 Å². The van der Waals surface area contributed by atoms with E-state index >= 15 is 0 Å². The number of aliphatic imine (C=N–C) groups is 2. The number of piperazine rings is 1. The third-order valence-electron chi connectivity index (χ3n) is 8.21. The first-order chi connectivity index (χ1) is 24.0. The summed E-state index contributed by atoms with van der Waals surface area (Å²) in [5.41, 5.74) is 22.0. The van der Waals surface area contributed by atoms with Crippen molar-refractivity contribution in [3.05, 3.63) is 63.8 Å². The van der Waals surface area contributed by atoms with Crippen molar-refractivity contribution in [1.29, 1.82) is 0 Å². The smallest absolute Gasteiger partial charge is 0.247 e. The van der Waals surface area contributed by atoms with Gasteiger partial charge in [-0.2, -0.15) is 4.72 Å². The van der Waals surface area contributed by atoms with E-state index in [9.17, 15) is 18.0 Å². The summed E-state index contributed by atoms with van der Waals surface area (Å²) in [6.07, 6.45) is 1.62. The Hall–Kier alpha value is -4.38. The zero-order chi connectivity index (χ0) is 37.5. The van der Waals surface area contributed by atoms with Crippen LogP contribution in [0.15, 0.2) is 57.3 Å². The fraction of sp³-hybridized carbons (Fsp3) is 0.424. The Morgan fingerprint density at radius 3 is 2.33 bits per heavy atom. The fourth-order valence-corrected chi connectivity index (χ4v) is 7.91. The normalized spacial score (nSPS) is 14.2. The molecule has 3 aromatic rings. The minimum atomic E-state index is -4.34. The average Bonchev–Trinajstić information content (AvgIpc) is 3.06. The number of sulfonamides is 1. The first-order valence-electron chi connectivity index (χ1n) is 16.2. The molecule has 4 rings (SSSR count). The summed E-state index contributed by atoms with van der Waals surface area (Å²) < 4.78 is 36.0. The maximum atomic E-state index is 13.7. The zero-order valence-electron chi connectivity index (χ0n) is 28.7. The number of guanidine groups is 2. The van der Waals surface area contributed by atoms with E-state index in [1.165, 1.54) is 30.9 Å². The number of amides is 2. The molecule has 1 aliphatic heterocycles. The van der Waals surface area contributed by atoms with Gasteiger partial charge in [-0.3, -0.25) is 14.6 Å². The van der Waals surface area contributed by atoms with Crippen molar-refractivity contribution < 1.29 is 22.7 Å². The SMILES string of the molecule is Cc1ccc2cccc(OCc3c(Cl)ccc(S(=O)(=O)NC(C)(C)C(=O)N4CCN(C(=O)[C@H](CCCCN=C(N)N)N=C(N)N)CC4)c3Cl)c2n1. The second-order valence-electron chi connectivity index (χ2n) is 12.6. The van der Waals surface area contributed by atoms with Gasteiger partial charge >= 0.3 is 0 Å². The molecule has 1 aromatic heterocycles. The van der Waals surface area contributed by atoms with Gasteiger partial charge < -0.3 is 37.5 Å². The van der Waals surface area contributed by atoms with Gasteiger partial charge in [-0.1, -0.05) is 41.4 Å². The largest absolute Gasteiger partial charge is 0.487 e. The Morgan fingerprint density at radius 2 is 1.67 bits per heavy atom. The number of carbonyl (C=O) groups is 2. The van der Waals surface area contributed by atoms with E-state index in [2.05, 4.69) is 19.7 Å². The monoisotopic (exact) mass is 762 g/mol. The molecule has 276 valence electrons. The first-order valence-corrected chi connectivity index (χ1v) is 18.5. The van der Waals surface area contributed by atoms with Crippen molar-refractivity contribution in [1.82, 2.24) is 19.5 Å². The van der Waals surface area contributed by atoms with Crippen LogP contribution in [0.3, 0.4) is 0 Å². The van der Waals surface area contributed by atoms with Gasteiger partial charge in [-0.05, 0) is 64.3 Å². The summed E-state index contributed by atoms with van der Waals surface area (Å²) in [4.78, 5) is 42.4. The number of carbonyl (C=O) groups excluding carboxylic acids is 2. The maximum Gasteiger partial charge on any atom is 0.247 e. The predicted octanol–water partition coefficient (Wildman–Crippen LogP) is 2.24. The molecule has 0 saturated carbocycles. The van der Waals surface area contributed by atoms with Crippen molar-refractivity contribution in [3.63, 3.8) is 0 Å². The number of hydrogen-bond donors (Lipinski definition) is 5. The Kier molecular flexibility index (Phi) is 12.9. The highest BCUT2D eigenvalue weighted by Crippen LogP contribution is 2.34. The summed E-state index contributed by atoms with van der Waals surface area (Å²) in [5.74, 6) is -0.495. The fourth-order valence-electron chi connectivity index (χ4n) is 5.65. The van der Waals surface area contributed by atoms with Crippen LogP contribution in [0.4, 0.5) is 0 Å². The van der Waals surface area contributed by atoms with Gasteiger partial charge in [0.05, 0.1) is 5.02 Å². The number of aryl methyl sites for hydroxylation is 1. The van der Waals surface area contributed by atoms with Crippen LogP contribution in [0.5, 0.6) is 5.75 Å². The number of para-hydroxylation sites is 1. The lowest BCUT2D eigenvalue weighted by atomic mass is 10.0. The molecule has 15 nitrogen and oxygen atoms in total. The van der Waals surface area contributed by atoms with E-state index in [-0.39, 0.29) is 71.1 Å². The van der Waals surface area contributed by atoms with Crippen LogP contribution >= 0.6 is 23.2 Å². The molecule has 2 heterocycles. The van der Waals surface area contributed by atoms with Crippen molar-refractivity contribution in [2.45, 2.75) is 63.1 Å². The van der Waals surface area contributed by atoms with Crippen LogP contribution in [-0.2, 0) is 26.2 Å². The summed E-state index contributed by atoms with van der Waals surface area (Å²) >= 11 is 13.1. The summed E-state index contributed by atoms with van der Waals surface area (Å²) in [6.45, 7) is 5.81. The highest BCUT2D eigenvalue weighted by molar-refractivity contribution is 7.89. The molecule has 1 fully saturated rings.